The van der Waals surface area contributed by atoms with Crippen molar-refractivity contribution in [3.8, 4) is 5.75 Å². The topological polar surface area (TPSA) is 81.4 Å². The Bertz CT molecular complexity index is 718. The van der Waals surface area contributed by atoms with Gasteiger partial charge in [-0.25, -0.2) is 8.78 Å². The molecular formula is C18H18F2N2O3. The number of amides is 2. The second-order valence-corrected chi connectivity index (χ2v) is 5.48. The lowest BCUT2D eigenvalue weighted by atomic mass is 9.98. The Balaban J connectivity index is 1.81. The number of ether oxygens (including phenoxy) is 1. The molecule has 0 aliphatic carbocycles. The minimum atomic E-state index is -0.625. The van der Waals surface area contributed by atoms with Gasteiger partial charge in [0.05, 0.1) is 5.92 Å². The molecule has 2 amide bonds. The van der Waals surface area contributed by atoms with E-state index in [9.17, 15) is 18.4 Å². The lowest BCUT2D eigenvalue weighted by molar-refractivity contribution is -0.124. The van der Waals surface area contributed by atoms with Gasteiger partial charge in [0.25, 0.3) is 5.91 Å². The predicted molar refractivity (Wildman–Crippen MR) is 87.7 cm³/mol. The Morgan fingerprint density at radius 3 is 2.12 bits per heavy atom. The molecule has 132 valence electrons. The fourth-order valence-corrected chi connectivity index (χ4v) is 2.15. The van der Waals surface area contributed by atoms with Gasteiger partial charge in [0.2, 0.25) is 5.91 Å². The van der Waals surface area contributed by atoms with Crippen LogP contribution in [0.15, 0.2) is 48.5 Å². The van der Waals surface area contributed by atoms with Gasteiger partial charge in [-0.2, -0.15) is 0 Å². The van der Waals surface area contributed by atoms with E-state index in [1.165, 1.54) is 36.4 Å². The fourth-order valence-electron chi connectivity index (χ4n) is 2.15. The molecule has 0 heterocycles. The van der Waals surface area contributed by atoms with Gasteiger partial charge < -0.3 is 15.8 Å². The molecule has 0 radical (unpaired) electrons. The van der Waals surface area contributed by atoms with Crippen LogP contribution in [0.3, 0.4) is 0 Å². The first-order valence-corrected chi connectivity index (χ1v) is 7.63. The van der Waals surface area contributed by atoms with Crippen LogP contribution >= 0.6 is 0 Å². The summed E-state index contributed by atoms with van der Waals surface area (Å²) in [6.07, 6.45) is 0.286. The van der Waals surface area contributed by atoms with Crippen LogP contribution in [0.4, 0.5) is 8.78 Å². The number of nitrogens with two attached hydrogens (primary N) is 1. The maximum absolute atomic E-state index is 12.9. The minimum absolute atomic E-state index is 0.0400. The van der Waals surface area contributed by atoms with Crippen LogP contribution in [-0.4, -0.2) is 25.0 Å². The number of halogens is 2. The summed E-state index contributed by atoms with van der Waals surface area (Å²) in [5, 5.41) is 2.56. The molecule has 0 saturated carbocycles. The quantitative estimate of drug-likeness (QED) is 0.763. The molecule has 2 aromatic carbocycles. The van der Waals surface area contributed by atoms with Gasteiger partial charge in [-0.1, -0.05) is 12.1 Å². The second kappa shape index (κ2) is 8.77. The van der Waals surface area contributed by atoms with E-state index in [4.69, 9.17) is 10.5 Å². The van der Waals surface area contributed by atoms with Crippen LogP contribution in [0.5, 0.6) is 5.75 Å². The average Bonchev–Trinajstić information content (AvgIpc) is 2.59. The summed E-state index contributed by atoms with van der Waals surface area (Å²) in [6, 6.07) is 11.0. The minimum Gasteiger partial charge on any atom is -0.484 e. The molecule has 0 bridgehead atoms. The Hall–Kier alpha value is -2.96. The molecule has 0 spiro atoms. The van der Waals surface area contributed by atoms with Crippen molar-refractivity contribution in [2.24, 2.45) is 11.7 Å². The summed E-state index contributed by atoms with van der Waals surface area (Å²) in [4.78, 5) is 23.3. The summed E-state index contributed by atoms with van der Waals surface area (Å²) < 4.78 is 30.9. The van der Waals surface area contributed by atoms with Crippen molar-refractivity contribution < 1.29 is 23.1 Å². The van der Waals surface area contributed by atoms with Crippen molar-refractivity contribution in [3.63, 3.8) is 0 Å². The lowest BCUT2D eigenvalue weighted by Crippen LogP contribution is -2.39. The second-order valence-electron chi connectivity index (χ2n) is 5.48. The highest BCUT2D eigenvalue weighted by molar-refractivity contribution is 5.80. The normalized spacial score (nSPS) is 11.6. The molecule has 0 saturated heterocycles. The van der Waals surface area contributed by atoms with Crippen molar-refractivity contribution >= 4 is 11.8 Å². The number of carbonyl (C=O) groups is 2. The van der Waals surface area contributed by atoms with Crippen molar-refractivity contribution in [2.45, 2.75) is 6.42 Å². The van der Waals surface area contributed by atoms with Gasteiger partial charge >= 0.3 is 0 Å². The van der Waals surface area contributed by atoms with Crippen molar-refractivity contribution in [1.29, 1.82) is 0 Å². The Kier molecular flexibility index (Phi) is 6.45. The number of hydrogen-bond acceptors (Lipinski definition) is 3. The summed E-state index contributed by atoms with van der Waals surface area (Å²) in [7, 11) is 0. The van der Waals surface area contributed by atoms with E-state index < -0.39 is 23.5 Å². The van der Waals surface area contributed by atoms with Crippen LogP contribution < -0.4 is 15.8 Å². The standard InChI is InChI=1S/C18H18F2N2O3/c19-14-3-1-12(2-4-14)9-13(18(21)24)10-22-17(23)11-25-16-7-5-15(20)6-8-16/h1-8,13H,9-11H2,(H2,21,24)(H,22,23)/t13-/m1/s1. The largest absolute Gasteiger partial charge is 0.484 e. The third-order valence-corrected chi connectivity index (χ3v) is 3.53. The maximum Gasteiger partial charge on any atom is 0.257 e. The SMILES string of the molecule is NC(=O)[C@@H](CNC(=O)COc1ccc(F)cc1)Cc1ccc(F)cc1. The zero-order valence-corrected chi connectivity index (χ0v) is 13.4. The number of hydrogen-bond donors (Lipinski definition) is 2. The summed E-state index contributed by atoms with van der Waals surface area (Å²) in [6.45, 7) is -0.230. The van der Waals surface area contributed by atoms with Crippen LogP contribution in [-0.2, 0) is 16.0 Å². The zero-order chi connectivity index (χ0) is 18.2. The van der Waals surface area contributed by atoms with Gasteiger partial charge in [0.1, 0.15) is 17.4 Å². The first-order valence-electron chi connectivity index (χ1n) is 7.63. The maximum atomic E-state index is 12.9. The van der Waals surface area contributed by atoms with Gasteiger partial charge in [-0.3, -0.25) is 9.59 Å². The first-order chi connectivity index (χ1) is 11.9. The summed E-state index contributed by atoms with van der Waals surface area (Å²) >= 11 is 0. The summed E-state index contributed by atoms with van der Waals surface area (Å²) in [5.74, 6) is -2.04. The highest BCUT2D eigenvalue weighted by atomic mass is 19.1. The van der Waals surface area contributed by atoms with E-state index in [0.717, 1.165) is 5.56 Å². The highest BCUT2D eigenvalue weighted by Gasteiger charge is 2.17. The third kappa shape index (κ3) is 6.21. The Labute approximate surface area is 143 Å². The van der Waals surface area contributed by atoms with E-state index in [0.29, 0.717) is 5.75 Å². The van der Waals surface area contributed by atoms with Gasteiger partial charge in [0.15, 0.2) is 6.61 Å². The smallest absolute Gasteiger partial charge is 0.257 e. The first kappa shape index (κ1) is 18.4. The molecule has 2 rings (SSSR count). The monoisotopic (exact) mass is 348 g/mol. The van der Waals surface area contributed by atoms with Gasteiger partial charge in [-0.05, 0) is 48.4 Å². The molecular weight excluding hydrogens is 330 g/mol. The number of nitrogens with one attached hydrogen (secondary N) is 1. The van der Waals surface area contributed by atoms with Crippen LogP contribution in [0, 0.1) is 17.6 Å². The molecule has 1 atom stereocenters. The van der Waals surface area contributed by atoms with E-state index in [1.54, 1.807) is 12.1 Å². The van der Waals surface area contributed by atoms with Crippen molar-refractivity contribution in [2.75, 3.05) is 13.2 Å². The average molecular weight is 348 g/mol. The van der Waals surface area contributed by atoms with Crippen molar-refractivity contribution in [3.05, 3.63) is 65.7 Å². The summed E-state index contributed by atoms with van der Waals surface area (Å²) in [5.41, 5.74) is 6.09. The molecule has 0 aromatic heterocycles. The molecule has 0 aliphatic rings. The Morgan fingerprint density at radius 2 is 1.56 bits per heavy atom. The predicted octanol–water partition coefficient (Wildman–Crippen LogP) is 1.80. The van der Waals surface area contributed by atoms with E-state index in [-0.39, 0.29) is 25.4 Å². The highest BCUT2D eigenvalue weighted by Crippen LogP contribution is 2.11. The lowest BCUT2D eigenvalue weighted by Gasteiger charge is -2.15. The number of primary amides is 1. The molecule has 3 N–H and O–H groups in total. The van der Waals surface area contributed by atoms with Crippen molar-refractivity contribution in [1.82, 2.24) is 5.32 Å². The van der Waals surface area contributed by atoms with Crippen LogP contribution in [0.2, 0.25) is 0 Å². The third-order valence-electron chi connectivity index (χ3n) is 3.53. The van der Waals surface area contributed by atoms with Gasteiger partial charge in [-0.15, -0.1) is 0 Å². The molecule has 0 fully saturated rings. The Morgan fingerprint density at radius 1 is 1.00 bits per heavy atom. The molecule has 2 aromatic rings. The van der Waals surface area contributed by atoms with E-state index >= 15 is 0 Å². The van der Waals surface area contributed by atoms with E-state index in [2.05, 4.69) is 5.32 Å². The zero-order valence-electron chi connectivity index (χ0n) is 13.4. The van der Waals surface area contributed by atoms with Crippen LogP contribution in [0.1, 0.15) is 5.56 Å². The number of benzene rings is 2. The molecule has 0 unspecified atom stereocenters. The molecule has 0 aliphatic heterocycles. The molecule has 25 heavy (non-hydrogen) atoms. The van der Waals surface area contributed by atoms with E-state index in [1.807, 2.05) is 0 Å². The number of rotatable bonds is 8. The van der Waals surface area contributed by atoms with Crippen LogP contribution in [0.25, 0.3) is 0 Å². The fraction of sp³-hybridized carbons (Fsp3) is 0.222. The van der Waals surface area contributed by atoms with Gasteiger partial charge in [0, 0.05) is 6.54 Å². The molecule has 7 heteroatoms. The number of carbonyl (C=O) groups excluding carboxylic acids is 2. The molecule has 5 nitrogen and oxygen atoms in total.